The summed E-state index contributed by atoms with van der Waals surface area (Å²) in [7, 11) is 3.05. The molecule has 0 bridgehead atoms. The number of methoxy groups -OCH3 is 2. The van der Waals surface area contributed by atoms with Crippen molar-refractivity contribution in [1.82, 2.24) is 0 Å². The molecule has 3 aromatic carbocycles. The molecule has 1 fully saturated rings. The molecule has 3 aromatic rings. The van der Waals surface area contributed by atoms with E-state index in [4.69, 9.17) is 9.47 Å². The number of hydrogen-bond donors (Lipinski definition) is 1. The average molecular weight is 565 g/mol. The van der Waals surface area contributed by atoms with Gasteiger partial charge in [-0.1, -0.05) is 56.7 Å². The standard InChI is InChI=1S/C35H36N2O5/c1-19-12-14-25-22(16-19)20(2)17-28-35(23-10-8-9-11-24(23)36-33(35)40)29(30(37(25)28)32(39)34(3,4)5)31(38)21-13-15-26(41-6)27(18-21)42-7/h8-18,28-30H,1-7H3,(H,36,40)/t28-,29-,30+,35+/m0/s1. The molecule has 1 saturated heterocycles. The molecule has 1 N–H and O–H groups in total. The van der Waals surface area contributed by atoms with Gasteiger partial charge in [0.05, 0.1) is 26.2 Å². The predicted molar refractivity (Wildman–Crippen MR) is 163 cm³/mol. The molecule has 3 aliphatic rings. The van der Waals surface area contributed by atoms with Crippen LogP contribution in [0.3, 0.4) is 0 Å². The van der Waals surface area contributed by atoms with Crippen LogP contribution in [-0.4, -0.2) is 43.8 Å². The average Bonchev–Trinajstić information content (AvgIpc) is 3.43. The molecule has 42 heavy (non-hydrogen) atoms. The van der Waals surface area contributed by atoms with E-state index in [0.29, 0.717) is 22.7 Å². The molecule has 1 spiro atoms. The van der Waals surface area contributed by atoms with Gasteiger partial charge in [0.2, 0.25) is 5.91 Å². The first-order chi connectivity index (χ1) is 19.9. The number of hydrogen-bond acceptors (Lipinski definition) is 6. The zero-order valence-electron chi connectivity index (χ0n) is 25.1. The van der Waals surface area contributed by atoms with Crippen molar-refractivity contribution in [3.8, 4) is 11.5 Å². The van der Waals surface area contributed by atoms with Crippen LogP contribution in [0.4, 0.5) is 11.4 Å². The van der Waals surface area contributed by atoms with Crippen molar-refractivity contribution in [3.63, 3.8) is 0 Å². The molecule has 7 nitrogen and oxygen atoms in total. The molecule has 7 heteroatoms. The molecule has 0 saturated carbocycles. The van der Waals surface area contributed by atoms with E-state index >= 15 is 0 Å². The maximum Gasteiger partial charge on any atom is 0.238 e. The zero-order valence-corrected chi connectivity index (χ0v) is 25.1. The van der Waals surface area contributed by atoms with Gasteiger partial charge in [-0.3, -0.25) is 14.4 Å². The molecule has 3 aliphatic heterocycles. The van der Waals surface area contributed by atoms with Gasteiger partial charge in [0, 0.05) is 27.9 Å². The second-order valence-electron chi connectivity index (χ2n) is 12.6. The number of carbonyl (C=O) groups is 3. The van der Waals surface area contributed by atoms with Crippen molar-refractivity contribution in [3.05, 3.63) is 89.0 Å². The van der Waals surface area contributed by atoms with Crippen LogP contribution in [0.15, 0.2) is 66.7 Å². The number of aryl methyl sites for hydroxylation is 1. The third-order valence-corrected chi connectivity index (χ3v) is 9.09. The fraction of sp³-hybridized carbons (Fsp3) is 0.343. The minimum atomic E-state index is -1.35. The van der Waals surface area contributed by atoms with E-state index in [1.54, 1.807) is 18.2 Å². The number of ketones is 2. The number of nitrogens with zero attached hydrogens (tertiary/aromatic N) is 1. The number of carbonyl (C=O) groups excluding carboxylic acids is 3. The van der Waals surface area contributed by atoms with Crippen molar-refractivity contribution < 1.29 is 23.9 Å². The lowest BCUT2D eigenvalue weighted by molar-refractivity contribution is -0.128. The van der Waals surface area contributed by atoms with E-state index in [1.165, 1.54) is 14.2 Å². The summed E-state index contributed by atoms with van der Waals surface area (Å²) >= 11 is 0. The Morgan fingerprint density at radius 1 is 0.929 bits per heavy atom. The number of anilines is 2. The largest absolute Gasteiger partial charge is 0.493 e. The molecular weight excluding hydrogens is 528 g/mol. The lowest BCUT2D eigenvalue weighted by atomic mass is 9.63. The van der Waals surface area contributed by atoms with Crippen molar-refractivity contribution in [1.29, 1.82) is 0 Å². The molecule has 1 amide bonds. The summed E-state index contributed by atoms with van der Waals surface area (Å²) in [4.78, 5) is 46.2. The lowest BCUT2D eigenvalue weighted by Gasteiger charge is -2.40. The molecule has 0 aromatic heterocycles. The lowest BCUT2D eigenvalue weighted by Crippen LogP contribution is -2.51. The Balaban J connectivity index is 1.69. The summed E-state index contributed by atoms with van der Waals surface area (Å²) in [6.07, 6.45) is 2.08. The SMILES string of the molecule is COc1ccc(C(=O)[C@@H]2[C@H](C(=O)C(C)(C)C)N3c4ccc(C)cc4C(C)=C[C@H]3[C@@]23C(=O)Nc2ccccc23)cc1OC. The zero-order chi connectivity index (χ0) is 30.1. The third kappa shape index (κ3) is 3.75. The Bertz CT molecular complexity index is 1680. The van der Waals surface area contributed by atoms with E-state index in [1.807, 2.05) is 71.0 Å². The second-order valence-corrected chi connectivity index (χ2v) is 12.6. The number of rotatable bonds is 5. The van der Waals surface area contributed by atoms with Crippen LogP contribution in [0.1, 0.15) is 54.7 Å². The summed E-state index contributed by atoms with van der Waals surface area (Å²) < 4.78 is 11.0. The maximum absolute atomic E-state index is 15.0. The normalized spacial score (nSPS) is 24.0. The van der Waals surface area contributed by atoms with E-state index < -0.39 is 28.8 Å². The van der Waals surface area contributed by atoms with Crippen LogP contribution in [0.5, 0.6) is 11.5 Å². The van der Waals surface area contributed by atoms with Gasteiger partial charge < -0.3 is 19.7 Å². The monoisotopic (exact) mass is 564 g/mol. The van der Waals surface area contributed by atoms with Gasteiger partial charge in [-0.25, -0.2) is 0 Å². The number of benzene rings is 3. The number of fused-ring (bicyclic) bond motifs is 6. The number of para-hydroxylation sites is 1. The summed E-state index contributed by atoms with van der Waals surface area (Å²) in [5.74, 6) is -0.797. The fourth-order valence-electron chi connectivity index (χ4n) is 7.16. The van der Waals surface area contributed by atoms with Gasteiger partial charge in [0.25, 0.3) is 0 Å². The Hall–Kier alpha value is -4.39. The van der Waals surface area contributed by atoms with E-state index in [-0.39, 0.29) is 17.5 Å². The number of amides is 1. The highest BCUT2D eigenvalue weighted by Crippen LogP contribution is 2.59. The quantitative estimate of drug-likeness (QED) is 0.383. The minimum Gasteiger partial charge on any atom is -0.493 e. The summed E-state index contributed by atoms with van der Waals surface area (Å²) in [5, 5.41) is 3.08. The Morgan fingerprint density at radius 2 is 1.64 bits per heavy atom. The van der Waals surface area contributed by atoms with Crippen molar-refractivity contribution in [2.45, 2.75) is 52.1 Å². The van der Waals surface area contributed by atoms with Crippen LogP contribution < -0.4 is 19.7 Å². The Kier molecular flexibility index (Phi) is 6.33. The van der Waals surface area contributed by atoms with Gasteiger partial charge in [-0.05, 0) is 61.4 Å². The summed E-state index contributed by atoms with van der Waals surface area (Å²) in [5.41, 5.74) is 3.56. The topological polar surface area (TPSA) is 84.9 Å². The number of allylic oxidation sites excluding steroid dienone is 1. The molecule has 0 radical (unpaired) electrons. The number of nitrogens with one attached hydrogen (secondary N) is 1. The first-order valence-corrected chi connectivity index (χ1v) is 14.2. The molecule has 4 atom stereocenters. The third-order valence-electron chi connectivity index (χ3n) is 9.09. The molecular formula is C35H36N2O5. The first kappa shape index (κ1) is 27.8. The highest BCUT2D eigenvalue weighted by Gasteiger charge is 2.71. The highest BCUT2D eigenvalue weighted by atomic mass is 16.5. The van der Waals surface area contributed by atoms with Gasteiger partial charge in [0.1, 0.15) is 11.5 Å². The Morgan fingerprint density at radius 3 is 2.33 bits per heavy atom. The Labute approximate surface area is 246 Å². The van der Waals surface area contributed by atoms with Gasteiger partial charge in [0.15, 0.2) is 23.1 Å². The minimum absolute atomic E-state index is 0.0974. The molecule has 0 unspecified atom stereocenters. The van der Waals surface area contributed by atoms with E-state index in [2.05, 4.69) is 22.4 Å². The number of Topliss-reactive ketones (excluding diaryl/α,β-unsaturated/α-hetero) is 2. The van der Waals surface area contributed by atoms with Crippen LogP contribution in [0.2, 0.25) is 0 Å². The van der Waals surface area contributed by atoms with Gasteiger partial charge in [-0.15, -0.1) is 0 Å². The fourth-order valence-corrected chi connectivity index (χ4v) is 7.16. The predicted octanol–water partition coefficient (Wildman–Crippen LogP) is 5.99. The second kappa shape index (κ2) is 9.58. The van der Waals surface area contributed by atoms with Crippen molar-refractivity contribution in [2.75, 3.05) is 24.4 Å². The summed E-state index contributed by atoms with van der Waals surface area (Å²) in [6.45, 7) is 9.68. The van der Waals surface area contributed by atoms with Crippen LogP contribution >= 0.6 is 0 Å². The smallest absolute Gasteiger partial charge is 0.238 e. The summed E-state index contributed by atoms with van der Waals surface area (Å²) in [6, 6.07) is 17.2. The van der Waals surface area contributed by atoms with E-state index in [9.17, 15) is 14.4 Å². The maximum atomic E-state index is 15.0. The molecule has 216 valence electrons. The van der Waals surface area contributed by atoms with Crippen molar-refractivity contribution >= 4 is 34.4 Å². The van der Waals surface area contributed by atoms with Gasteiger partial charge >= 0.3 is 0 Å². The van der Waals surface area contributed by atoms with Crippen LogP contribution in [-0.2, 0) is 15.0 Å². The first-order valence-electron chi connectivity index (χ1n) is 14.2. The van der Waals surface area contributed by atoms with Crippen molar-refractivity contribution in [2.24, 2.45) is 11.3 Å². The van der Waals surface area contributed by atoms with E-state index in [0.717, 1.165) is 28.0 Å². The van der Waals surface area contributed by atoms with Crippen LogP contribution in [0, 0.1) is 18.3 Å². The number of ether oxygens (including phenoxy) is 2. The molecule has 3 heterocycles. The van der Waals surface area contributed by atoms with Crippen LogP contribution in [0.25, 0.3) is 5.57 Å². The molecule has 6 rings (SSSR count). The molecule has 0 aliphatic carbocycles. The highest BCUT2D eigenvalue weighted by molar-refractivity contribution is 6.17. The van der Waals surface area contributed by atoms with Gasteiger partial charge in [-0.2, -0.15) is 0 Å².